The smallest absolute Gasteiger partial charge is 0.306 e. The molecular weight excluding hydrogens is 208 g/mol. The molecule has 0 saturated heterocycles. The highest BCUT2D eigenvalue weighted by molar-refractivity contribution is 5.70. The molecule has 0 atom stereocenters. The van der Waals surface area contributed by atoms with Crippen molar-refractivity contribution in [3.05, 3.63) is 0 Å². The van der Waals surface area contributed by atoms with Gasteiger partial charge in [0.2, 0.25) is 0 Å². The van der Waals surface area contributed by atoms with Crippen molar-refractivity contribution in [2.75, 3.05) is 6.61 Å². The van der Waals surface area contributed by atoms with Gasteiger partial charge in [-0.2, -0.15) is 0 Å². The number of carbonyl (C=O) groups is 1. The van der Waals surface area contributed by atoms with E-state index < -0.39 is 11.6 Å². The van der Waals surface area contributed by atoms with Crippen LogP contribution < -0.4 is 0 Å². The van der Waals surface area contributed by atoms with Crippen molar-refractivity contribution in [2.45, 2.75) is 56.7 Å². The van der Waals surface area contributed by atoms with Gasteiger partial charge >= 0.3 is 5.97 Å². The Kier molecular flexibility index (Phi) is 3.50. The molecule has 4 heteroatoms. The maximum atomic E-state index is 10.8. The second-order valence-electron chi connectivity index (χ2n) is 5.20. The Bertz CT molecular complexity index is 252. The van der Waals surface area contributed by atoms with Crippen molar-refractivity contribution in [1.29, 1.82) is 0 Å². The highest BCUT2D eigenvalue weighted by Crippen LogP contribution is 2.33. The zero-order valence-electron chi connectivity index (χ0n) is 9.52. The standard InChI is InChI=1S/C12H20O4/c13-11(14)9-4-6-12(15,7-5-9)8-16-10-2-1-3-10/h9-10,15H,1-8H2,(H,13,14). The predicted molar refractivity (Wildman–Crippen MR) is 58.1 cm³/mol. The summed E-state index contributed by atoms with van der Waals surface area (Å²) in [6, 6.07) is 0. The molecule has 92 valence electrons. The number of aliphatic carboxylic acids is 1. The van der Waals surface area contributed by atoms with E-state index in [0.717, 1.165) is 12.8 Å². The molecule has 16 heavy (non-hydrogen) atoms. The summed E-state index contributed by atoms with van der Waals surface area (Å²) in [5.41, 5.74) is -0.776. The Hall–Kier alpha value is -0.610. The van der Waals surface area contributed by atoms with Gasteiger partial charge in [0.1, 0.15) is 0 Å². The average molecular weight is 228 g/mol. The lowest BCUT2D eigenvalue weighted by molar-refractivity contribution is -0.148. The van der Waals surface area contributed by atoms with Gasteiger partial charge in [-0.1, -0.05) is 0 Å². The van der Waals surface area contributed by atoms with Crippen LogP contribution in [-0.4, -0.2) is 34.5 Å². The topological polar surface area (TPSA) is 66.8 Å². The molecule has 4 nitrogen and oxygen atoms in total. The minimum Gasteiger partial charge on any atom is -0.481 e. The Labute approximate surface area is 95.6 Å². The second-order valence-corrected chi connectivity index (χ2v) is 5.20. The lowest BCUT2D eigenvalue weighted by Gasteiger charge is -2.37. The van der Waals surface area contributed by atoms with Crippen LogP contribution >= 0.6 is 0 Å². The predicted octanol–water partition coefficient (Wildman–Crippen LogP) is 1.56. The quantitative estimate of drug-likeness (QED) is 0.766. The molecule has 0 bridgehead atoms. The summed E-state index contributed by atoms with van der Waals surface area (Å²) in [5, 5.41) is 19.1. The third-order valence-corrected chi connectivity index (χ3v) is 3.91. The molecule has 2 saturated carbocycles. The molecule has 0 radical (unpaired) electrons. The lowest BCUT2D eigenvalue weighted by atomic mass is 9.79. The third kappa shape index (κ3) is 2.74. The van der Waals surface area contributed by atoms with Crippen molar-refractivity contribution in [2.24, 2.45) is 5.92 Å². The molecule has 2 rings (SSSR count). The SMILES string of the molecule is O=C(O)C1CCC(O)(COC2CCC2)CC1. The number of rotatable bonds is 4. The molecule has 2 N–H and O–H groups in total. The highest BCUT2D eigenvalue weighted by Gasteiger charge is 2.36. The molecule has 0 spiro atoms. The van der Waals surface area contributed by atoms with Crippen LogP contribution in [0.3, 0.4) is 0 Å². The Morgan fingerprint density at radius 2 is 1.88 bits per heavy atom. The van der Waals surface area contributed by atoms with Crippen LogP contribution in [0.25, 0.3) is 0 Å². The highest BCUT2D eigenvalue weighted by atomic mass is 16.5. The maximum absolute atomic E-state index is 10.8. The van der Waals surface area contributed by atoms with Crippen LogP contribution in [0.15, 0.2) is 0 Å². The average Bonchev–Trinajstić information content (AvgIpc) is 2.15. The van der Waals surface area contributed by atoms with Gasteiger partial charge in [0.15, 0.2) is 0 Å². The molecule has 0 amide bonds. The molecular formula is C12H20O4. The van der Waals surface area contributed by atoms with Gasteiger partial charge in [-0.15, -0.1) is 0 Å². The van der Waals surface area contributed by atoms with Crippen LogP contribution in [0.1, 0.15) is 44.9 Å². The molecule has 2 aliphatic rings. The van der Waals surface area contributed by atoms with Gasteiger partial charge in [0.05, 0.1) is 24.2 Å². The number of carboxylic acids is 1. The number of ether oxygens (including phenoxy) is 1. The van der Waals surface area contributed by atoms with Crippen LogP contribution in [0.4, 0.5) is 0 Å². The number of aliphatic hydroxyl groups is 1. The minimum atomic E-state index is -0.776. The van der Waals surface area contributed by atoms with Crippen molar-refractivity contribution in [3.63, 3.8) is 0 Å². The molecule has 0 heterocycles. The summed E-state index contributed by atoms with van der Waals surface area (Å²) in [4.78, 5) is 10.8. The summed E-state index contributed by atoms with van der Waals surface area (Å²) in [5.74, 6) is -1.01. The first kappa shape index (κ1) is 11.9. The van der Waals surface area contributed by atoms with Gasteiger partial charge in [-0.25, -0.2) is 0 Å². The zero-order chi connectivity index (χ0) is 11.6. The van der Waals surface area contributed by atoms with Crippen molar-refractivity contribution >= 4 is 5.97 Å². The fourth-order valence-electron chi connectivity index (χ4n) is 2.36. The van der Waals surface area contributed by atoms with E-state index in [1.807, 2.05) is 0 Å². The van der Waals surface area contributed by atoms with Crippen LogP contribution in [0.5, 0.6) is 0 Å². The molecule has 2 fully saturated rings. The maximum Gasteiger partial charge on any atom is 0.306 e. The first-order valence-electron chi connectivity index (χ1n) is 6.16. The monoisotopic (exact) mass is 228 g/mol. The lowest BCUT2D eigenvalue weighted by Crippen LogP contribution is -2.42. The Morgan fingerprint density at radius 3 is 2.31 bits per heavy atom. The molecule has 0 aromatic heterocycles. The van der Waals surface area contributed by atoms with E-state index in [1.54, 1.807) is 0 Å². The fourth-order valence-corrected chi connectivity index (χ4v) is 2.36. The Balaban J connectivity index is 1.74. The second kappa shape index (κ2) is 4.72. The van der Waals surface area contributed by atoms with Crippen molar-refractivity contribution in [1.82, 2.24) is 0 Å². The number of carboxylic acid groups (broad SMARTS) is 1. The van der Waals surface area contributed by atoms with Gasteiger partial charge in [0, 0.05) is 0 Å². The Morgan fingerprint density at radius 1 is 1.25 bits per heavy atom. The fraction of sp³-hybridized carbons (Fsp3) is 0.917. The number of hydrogen-bond acceptors (Lipinski definition) is 3. The zero-order valence-corrected chi connectivity index (χ0v) is 9.52. The van der Waals surface area contributed by atoms with Crippen LogP contribution in [0, 0.1) is 5.92 Å². The molecule has 0 aromatic carbocycles. The first-order chi connectivity index (χ1) is 7.59. The van der Waals surface area contributed by atoms with E-state index in [0.29, 0.717) is 38.4 Å². The van der Waals surface area contributed by atoms with Crippen molar-refractivity contribution < 1.29 is 19.7 Å². The normalized spacial score (nSPS) is 35.7. The van der Waals surface area contributed by atoms with Gasteiger partial charge in [0.25, 0.3) is 0 Å². The summed E-state index contributed by atoms with van der Waals surface area (Å²) in [6.45, 7) is 0.379. The van der Waals surface area contributed by atoms with Gasteiger partial charge in [-0.05, 0) is 44.9 Å². The van der Waals surface area contributed by atoms with E-state index in [2.05, 4.69) is 0 Å². The van der Waals surface area contributed by atoms with E-state index in [4.69, 9.17) is 9.84 Å². The van der Waals surface area contributed by atoms with E-state index in [1.165, 1.54) is 6.42 Å². The van der Waals surface area contributed by atoms with Crippen molar-refractivity contribution in [3.8, 4) is 0 Å². The first-order valence-corrected chi connectivity index (χ1v) is 6.16. The van der Waals surface area contributed by atoms with E-state index >= 15 is 0 Å². The van der Waals surface area contributed by atoms with Crippen LogP contribution in [-0.2, 0) is 9.53 Å². The van der Waals surface area contributed by atoms with E-state index in [-0.39, 0.29) is 5.92 Å². The molecule has 2 aliphatic carbocycles. The summed E-state index contributed by atoms with van der Waals surface area (Å²) < 4.78 is 5.62. The largest absolute Gasteiger partial charge is 0.481 e. The van der Waals surface area contributed by atoms with Gasteiger partial charge in [-0.3, -0.25) is 4.79 Å². The molecule has 0 aliphatic heterocycles. The third-order valence-electron chi connectivity index (χ3n) is 3.91. The molecule has 0 unspecified atom stereocenters. The van der Waals surface area contributed by atoms with Crippen LogP contribution in [0.2, 0.25) is 0 Å². The molecule has 0 aromatic rings. The van der Waals surface area contributed by atoms with E-state index in [9.17, 15) is 9.90 Å². The summed E-state index contributed by atoms with van der Waals surface area (Å²) in [6.07, 6.45) is 6.01. The van der Waals surface area contributed by atoms with Gasteiger partial charge < -0.3 is 14.9 Å². The summed E-state index contributed by atoms with van der Waals surface area (Å²) >= 11 is 0. The number of hydrogen-bond donors (Lipinski definition) is 2. The minimum absolute atomic E-state index is 0.274. The summed E-state index contributed by atoms with van der Waals surface area (Å²) in [7, 11) is 0.